The van der Waals surface area contributed by atoms with E-state index in [1.165, 1.54) is 32.5 Å². The van der Waals surface area contributed by atoms with Crippen molar-refractivity contribution in [2.75, 3.05) is 7.11 Å². The number of methoxy groups -OCH3 is 1. The van der Waals surface area contributed by atoms with Crippen LogP contribution in [0.5, 0.6) is 11.5 Å². The molecule has 0 saturated carbocycles. The molecule has 0 spiro atoms. The van der Waals surface area contributed by atoms with Gasteiger partial charge >= 0.3 is 0 Å². The van der Waals surface area contributed by atoms with Gasteiger partial charge in [-0.25, -0.2) is 4.98 Å². The molecule has 4 heteroatoms. The normalized spacial score (nSPS) is 11.2. The first-order chi connectivity index (χ1) is 13.1. The van der Waals surface area contributed by atoms with Gasteiger partial charge in [0.15, 0.2) is 17.7 Å². The molecule has 140 valence electrons. The van der Waals surface area contributed by atoms with Crippen LogP contribution in [-0.2, 0) is 0 Å². The third-order valence-electron chi connectivity index (χ3n) is 5.63. The van der Waals surface area contributed by atoms with Gasteiger partial charge in [0.05, 0.1) is 17.9 Å². The first kappa shape index (κ1) is 18.3. The van der Waals surface area contributed by atoms with Crippen molar-refractivity contribution < 1.29 is 27.2 Å². The Morgan fingerprint density at radius 3 is 2.43 bits per heavy atom. The topological polar surface area (TPSA) is 43.6 Å². The molecular weight excluding hydrogens is 370 g/mol. The van der Waals surface area contributed by atoms with Gasteiger partial charge in [0.25, 0.3) is 0 Å². The average Bonchev–Trinajstić information content (AvgIpc) is 2.68. The van der Waals surface area contributed by atoms with Crippen LogP contribution in [0, 0.1) is 13.8 Å². The van der Waals surface area contributed by atoms with Gasteiger partial charge in [-0.2, -0.15) is 0 Å². The van der Waals surface area contributed by atoms with Crippen LogP contribution in [0.1, 0.15) is 11.1 Å². The van der Waals surface area contributed by atoms with Crippen LogP contribution < -0.4 is 22.1 Å². The summed E-state index contributed by atoms with van der Waals surface area (Å²) < 4.78 is 5.31. The molecule has 0 bridgehead atoms. The number of halogens is 1. The van der Waals surface area contributed by atoms with E-state index in [1.54, 1.807) is 7.11 Å². The summed E-state index contributed by atoms with van der Waals surface area (Å²) in [5.74, 6) is 0.706. The van der Waals surface area contributed by atoms with Gasteiger partial charge in [-0.3, -0.25) is 0 Å². The van der Waals surface area contributed by atoms with Crippen molar-refractivity contribution >= 4 is 43.2 Å². The van der Waals surface area contributed by atoms with Crippen molar-refractivity contribution in [1.82, 2.24) is 0 Å². The third-order valence-corrected chi connectivity index (χ3v) is 5.63. The number of rotatable bonds is 1. The van der Waals surface area contributed by atoms with Crippen LogP contribution in [0.4, 0.5) is 0 Å². The number of H-pyrrole nitrogens is 1. The van der Waals surface area contributed by atoms with Crippen LogP contribution >= 0.6 is 0 Å². The zero-order chi connectivity index (χ0) is 18.7. The molecule has 0 aliphatic heterocycles. The molecular formula is C24H20ClNO2. The minimum absolute atomic E-state index is 0. The Hall–Kier alpha value is -3.04. The predicted molar refractivity (Wildman–Crippen MR) is 111 cm³/mol. The standard InChI is InChI=1S/C24H19NO2.ClH/c1-13-10-18-17-7-5-4-6-16(17)12-25-23(18)19-11-15-8-9-20(27-3)24(26)22(15)14(2)21(13)19;/h4-12,26H,1-3H3;1H. The zero-order valence-corrected chi connectivity index (χ0v) is 16.7. The SMILES string of the molecule is COc1ccc2cc3c(c(C)cc4c5ccccc5c[nH+]c34)c(C)c2c1O.[Cl-]. The van der Waals surface area contributed by atoms with Crippen LogP contribution in [0.15, 0.2) is 54.7 Å². The van der Waals surface area contributed by atoms with E-state index in [9.17, 15) is 5.11 Å². The Labute approximate surface area is 169 Å². The van der Waals surface area contributed by atoms with E-state index >= 15 is 0 Å². The quantitative estimate of drug-likeness (QED) is 0.353. The second kappa shape index (κ2) is 6.54. The van der Waals surface area contributed by atoms with E-state index in [1.807, 2.05) is 12.1 Å². The molecule has 0 aliphatic rings. The molecule has 5 aromatic rings. The maximum absolute atomic E-state index is 10.7. The Balaban J connectivity index is 0.00000192. The van der Waals surface area contributed by atoms with E-state index < -0.39 is 0 Å². The second-order valence-electron chi connectivity index (χ2n) is 7.13. The molecule has 3 nitrogen and oxygen atoms in total. The first-order valence-corrected chi connectivity index (χ1v) is 9.06. The summed E-state index contributed by atoms with van der Waals surface area (Å²) in [6.07, 6.45) is 2.07. The first-order valence-electron chi connectivity index (χ1n) is 9.06. The molecule has 1 heterocycles. The number of phenolic OH excluding ortho intramolecular Hbond substituents is 1. The summed E-state index contributed by atoms with van der Waals surface area (Å²) in [6, 6.07) is 16.7. The van der Waals surface area contributed by atoms with Crippen molar-refractivity contribution in [2.45, 2.75) is 13.8 Å². The van der Waals surface area contributed by atoms with Crippen LogP contribution in [-0.4, -0.2) is 12.2 Å². The highest BCUT2D eigenvalue weighted by atomic mass is 35.5. The monoisotopic (exact) mass is 389 g/mol. The van der Waals surface area contributed by atoms with E-state index in [0.717, 1.165) is 21.9 Å². The van der Waals surface area contributed by atoms with Crippen molar-refractivity contribution in [1.29, 1.82) is 0 Å². The van der Waals surface area contributed by atoms with E-state index in [-0.39, 0.29) is 18.2 Å². The van der Waals surface area contributed by atoms with Gasteiger partial charge in [0, 0.05) is 16.2 Å². The Bertz CT molecular complexity index is 1390. The summed E-state index contributed by atoms with van der Waals surface area (Å²) in [6.45, 7) is 4.21. The largest absolute Gasteiger partial charge is 1.00 e. The maximum atomic E-state index is 10.7. The highest BCUT2D eigenvalue weighted by Crippen LogP contribution is 2.42. The van der Waals surface area contributed by atoms with Gasteiger partial charge in [-0.15, -0.1) is 0 Å². The van der Waals surface area contributed by atoms with Crippen LogP contribution in [0.25, 0.3) is 43.2 Å². The fourth-order valence-corrected chi connectivity index (χ4v) is 4.42. The van der Waals surface area contributed by atoms with Gasteiger partial charge < -0.3 is 22.3 Å². The molecule has 0 amide bonds. The molecule has 0 atom stereocenters. The molecule has 0 radical (unpaired) electrons. The number of aryl methyl sites for hydroxylation is 2. The predicted octanol–water partition coefficient (Wildman–Crippen LogP) is 2.45. The fraction of sp³-hybridized carbons (Fsp3) is 0.125. The number of aromatic nitrogens is 1. The third kappa shape index (κ3) is 2.40. The van der Waals surface area contributed by atoms with Crippen LogP contribution in [0.3, 0.4) is 0 Å². The highest BCUT2D eigenvalue weighted by Gasteiger charge is 2.18. The fourth-order valence-electron chi connectivity index (χ4n) is 4.42. The number of nitrogens with one attached hydrogen (secondary N) is 1. The molecule has 28 heavy (non-hydrogen) atoms. The summed E-state index contributed by atoms with van der Waals surface area (Å²) in [4.78, 5) is 3.51. The minimum Gasteiger partial charge on any atom is -1.00 e. The number of phenols is 1. The lowest BCUT2D eigenvalue weighted by atomic mass is 9.91. The highest BCUT2D eigenvalue weighted by molar-refractivity contribution is 6.18. The smallest absolute Gasteiger partial charge is 0.219 e. The molecule has 4 aromatic carbocycles. The zero-order valence-electron chi connectivity index (χ0n) is 15.9. The number of hydrogen-bond donors (Lipinski definition) is 1. The molecule has 1 aromatic heterocycles. The van der Waals surface area contributed by atoms with Crippen molar-refractivity contribution in [3.63, 3.8) is 0 Å². The van der Waals surface area contributed by atoms with Crippen molar-refractivity contribution in [2.24, 2.45) is 0 Å². The van der Waals surface area contributed by atoms with Crippen molar-refractivity contribution in [3.8, 4) is 11.5 Å². The number of ether oxygens (including phenoxy) is 1. The molecule has 0 saturated heterocycles. The molecule has 0 aliphatic carbocycles. The van der Waals surface area contributed by atoms with Gasteiger partial charge in [0.1, 0.15) is 0 Å². The van der Waals surface area contributed by atoms with Gasteiger partial charge in [-0.1, -0.05) is 24.3 Å². The van der Waals surface area contributed by atoms with Gasteiger partial charge in [0.2, 0.25) is 5.52 Å². The molecule has 2 N–H and O–H groups in total. The van der Waals surface area contributed by atoms with Gasteiger partial charge in [-0.05, 0) is 60.0 Å². The molecule has 5 rings (SSSR count). The Kier molecular flexibility index (Phi) is 4.28. The Morgan fingerprint density at radius 1 is 0.857 bits per heavy atom. The summed E-state index contributed by atoms with van der Waals surface area (Å²) in [7, 11) is 1.58. The number of aromatic amines is 1. The summed E-state index contributed by atoms with van der Waals surface area (Å²) in [5.41, 5.74) is 3.39. The number of benzene rings is 4. The van der Waals surface area contributed by atoms with Crippen LogP contribution in [0.2, 0.25) is 0 Å². The number of hydrogen-bond acceptors (Lipinski definition) is 2. The van der Waals surface area contributed by atoms with E-state index in [2.05, 4.69) is 61.4 Å². The number of pyridine rings is 1. The van der Waals surface area contributed by atoms with E-state index in [4.69, 9.17) is 4.74 Å². The molecule has 0 fully saturated rings. The number of fused-ring (bicyclic) bond motifs is 6. The number of aromatic hydroxyl groups is 1. The average molecular weight is 390 g/mol. The second-order valence-corrected chi connectivity index (χ2v) is 7.13. The molecule has 0 unspecified atom stereocenters. The lowest BCUT2D eigenvalue weighted by molar-refractivity contribution is -0.341. The Morgan fingerprint density at radius 2 is 1.64 bits per heavy atom. The maximum Gasteiger partial charge on any atom is 0.219 e. The minimum atomic E-state index is 0. The summed E-state index contributed by atoms with van der Waals surface area (Å²) in [5, 5.41) is 18.6. The van der Waals surface area contributed by atoms with Crippen molar-refractivity contribution in [3.05, 3.63) is 65.9 Å². The lowest BCUT2D eigenvalue weighted by Gasteiger charge is -2.14. The summed E-state index contributed by atoms with van der Waals surface area (Å²) >= 11 is 0. The van der Waals surface area contributed by atoms with E-state index in [0.29, 0.717) is 5.75 Å². The lowest BCUT2D eigenvalue weighted by Crippen LogP contribution is -3.00.